The van der Waals surface area contributed by atoms with Crippen LogP contribution in [0.5, 0.6) is 5.75 Å². The van der Waals surface area contributed by atoms with Gasteiger partial charge >= 0.3 is 0 Å². The standard InChI is InChI=1S/C21H30N2O3/c1-16(24)23-13-19-5-2-3-7-20(19)26-21(14-23)18-6-4-9-22(12-18)11-17-8-10-25-15-17/h2-3,5,7,17-18,21H,4,6,8-15H2,1H3/t17-,18+,21-/m0/s1. The lowest BCUT2D eigenvalue weighted by Gasteiger charge is -2.38. The second kappa shape index (κ2) is 7.97. The van der Waals surface area contributed by atoms with E-state index in [1.807, 2.05) is 23.1 Å². The monoisotopic (exact) mass is 358 g/mol. The highest BCUT2D eigenvalue weighted by Gasteiger charge is 2.34. The first-order valence-corrected chi connectivity index (χ1v) is 9.99. The fraction of sp³-hybridized carbons (Fsp3) is 0.667. The van der Waals surface area contributed by atoms with Crippen LogP contribution in [0.1, 0.15) is 31.7 Å². The third-order valence-electron chi connectivity index (χ3n) is 6.07. The van der Waals surface area contributed by atoms with Gasteiger partial charge in [0.15, 0.2) is 0 Å². The number of carbonyl (C=O) groups excluding carboxylic acids is 1. The summed E-state index contributed by atoms with van der Waals surface area (Å²) in [7, 11) is 0. The van der Waals surface area contributed by atoms with E-state index in [-0.39, 0.29) is 12.0 Å². The molecule has 1 aromatic carbocycles. The largest absolute Gasteiger partial charge is 0.488 e. The predicted octanol–water partition coefficient (Wildman–Crippen LogP) is 2.54. The number of amides is 1. The molecule has 1 aromatic rings. The van der Waals surface area contributed by atoms with Crippen molar-refractivity contribution in [2.24, 2.45) is 11.8 Å². The molecule has 3 aliphatic rings. The van der Waals surface area contributed by atoms with E-state index >= 15 is 0 Å². The zero-order valence-electron chi connectivity index (χ0n) is 15.7. The Morgan fingerprint density at radius 1 is 1.23 bits per heavy atom. The van der Waals surface area contributed by atoms with Crippen molar-refractivity contribution in [3.63, 3.8) is 0 Å². The maximum absolute atomic E-state index is 12.1. The molecule has 5 heteroatoms. The highest BCUT2D eigenvalue weighted by Crippen LogP contribution is 2.31. The number of carbonyl (C=O) groups is 1. The molecule has 2 fully saturated rings. The van der Waals surface area contributed by atoms with Crippen LogP contribution in [0.3, 0.4) is 0 Å². The Morgan fingerprint density at radius 2 is 2.12 bits per heavy atom. The molecule has 2 saturated heterocycles. The Kier molecular flexibility index (Phi) is 5.46. The number of ether oxygens (including phenoxy) is 2. The Bertz CT molecular complexity index is 629. The van der Waals surface area contributed by atoms with Crippen molar-refractivity contribution < 1.29 is 14.3 Å². The first-order chi connectivity index (χ1) is 12.7. The third kappa shape index (κ3) is 4.04. The summed E-state index contributed by atoms with van der Waals surface area (Å²) >= 11 is 0. The first-order valence-electron chi connectivity index (χ1n) is 9.99. The van der Waals surface area contributed by atoms with Gasteiger partial charge in [-0.1, -0.05) is 18.2 Å². The normalized spacial score (nSPS) is 29.7. The maximum Gasteiger partial charge on any atom is 0.219 e. The summed E-state index contributed by atoms with van der Waals surface area (Å²) < 4.78 is 12.0. The van der Waals surface area contributed by atoms with Crippen LogP contribution in [0.4, 0.5) is 0 Å². The summed E-state index contributed by atoms with van der Waals surface area (Å²) in [6.07, 6.45) is 3.65. The molecule has 0 bridgehead atoms. The molecule has 3 atom stereocenters. The Morgan fingerprint density at radius 3 is 2.92 bits per heavy atom. The van der Waals surface area contributed by atoms with Crippen LogP contribution in [0.2, 0.25) is 0 Å². The molecule has 5 nitrogen and oxygen atoms in total. The van der Waals surface area contributed by atoms with E-state index < -0.39 is 0 Å². The number of hydrogen-bond donors (Lipinski definition) is 0. The Labute approximate surface area is 156 Å². The van der Waals surface area contributed by atoms with E-state index in [2.05, 4.69) is 11.0 Å². The zero-order valence-corrected chi connectivity index (χ0v) is 15.7. The topological polar surface area (TPSA) is 42.0 Å². The van der Waals surface area contributed by atoms with Gasteiger partial charge in [-0.25, -0.2) is 0 Å². The second-order valence-corrected chi connectivity index (χ2v) is 8.06. The predicted molar refractivity (Wildman–Crippen MR) is 100 cm³/mol. The molecule has 3 aliphatic heterocycles. The number of benzene rings is 1. The van der Waals surface area contributed by atoms with Crippen molar-refractivity contribution in [2.75, 3.05) is 39.4 Å². The van der Waals surface area contributed by atoms with E-state index in [9.17, 15) is 4.79 Å². The minimum absolute atomic E-state index is 0.0742. The van der Waals surface area contributed by atoms with Crippen molar-refractivity contribution in [1.29, 1.82) is 0 Å². The number of hydrogen-bond acceptors (Lipinski definition) is 4. The number of nitrogens with zero attached hydrogens (tertiary/aromatic N) is 2. The highest BCUT2D eigenvalue weighted by molar-refractivity contribution is 5.73. The van der Waals surface area contributed by atoms with Gasteiger partial charge in [0.1, 0.15) is 11.9 Å². The lowest BCUT2D eigenvalue weighted by molar-refractivity contribution is -0.130. The SMILES string of the molecule is CC(=O)N1Cc2ccccc2O[C@H]([C@@H]2CCCN(C[C@@H]3CCOC3)C2)C1. The van der Waals surface area contributed by atoms with Gasteiger partial charge in [-0.3, -0.25) is 4.79 Å². The zero-order chi connectivity index (χ0) is 17.9. The number of rotatable bonds is 3. The average Bonchev–Trinajstić information content (AvgIpc) is 3.06. The van der Waals surface area contributed by atoms with Gasteiger partial charge < -0.3 is 19.3 Å². The van der Waals surface area contributed by atoms with Crippen molar-refractivity contribution in [3.8, 4) is 5.75 Å². The molecule has 142 valence electrons. The lowest BCUT2D eigenvalue weighted by Crippen LogP contribution is -2.47. The van der Waals surface area contributed by atoms with Crippen LogP contribution in [0, 0.1) is 11.8 Å². The summed E-state index contributed by atoms with van der Waals surface area (Å²) in [4.78, 5) is 16.7. The fourth-order valence-electron chi connectivity index (χ4n) is 4.58. The molecule has 0 saturated carbocycles. The lowest BCUT2D eigenvalue weighted by atomic mass is 9.91. The smallest absolute Gasteiger partial charge is 0.219 e. The van der Waals surface area contributed by atoms with Crippen molar-refractivity contribution in [3.05, 3.63) is 29.8 Å². The summed E-state index contributed by atoms with van der Waals surface area (Å²) in [6.45, 7) is 8.20. The number of para-hydroxylation sites is 1. The van der Waals surface area contributed by atoms with Crippen LogP contribution >= 0.6 is 0 Å². The Hall–Kier alpha value is -1.59. The minimum Gasteiger partial charge on any atom is -0.488 e. The van der Waals surface area contributed by atoms with E-state index in [1.165, 1.54) is 25.8 Å². The van der Waals surface area contributed by atoms with Gasteiger partial charge in [0.05, 0.1) is 13.2 Å². The quantitative estimate of drug-likeness (QED) is 0.833. The van der Waals surface area contributed by atoms with Crippen LogP contribution < -0.4 is 4.74 Å². The number of piperidine rings is 1. The summed E-state index contributed by atoms with van der Waals surface area (Å²) in [5.41, 5.74) is 1.11. The highest BCUT2D eigenvalue weighted by atomic mass is 16.5. The van der Waals surface area contributed by atoms with Gasteiger partial charge in [0.25, 0.3) is 0 Å². The maximum atomic E-state index is 12.1. The molecule has 0 radical (unpaired) electrons. The van der Waals surface area contributed by atoms with E-state index in [0.29, 0.717) is 24.9 Å². The Balaban J connectivity index is 1.47. The van der Waals surface area contributed by atoms with Gasteiger partial charge in [-0.05, 0) is 37.8 Å². The molecule has 0 aromatic heterocycles. The minimum atomic E-state index is 0.0742. The van der Waals surface area contributed by atoms with Crippen molar-refractivity contribution in [2.45, 2.75) is 38.8 Å². The molecule has 0 unspecified atom stereocenters. The van der Waals surface area contributed by atoms with E-state index in [1.54, 1.807) is 6.92 Å². The fourth-order valence-corrected chi connectivity index (χ4v) is 4.58. The van der Waals surface area contributed by atoms with Gasteiger partial charge in [-0.2, -0.15) is 0 Å². The molecule has 0 N–H and O–H groups in total. The molecule has 0 spiro atoms. The van der Waals surface area contributed by atoms with Crippen molar-refractivity contribution in [1.82, 2.24) is 9.80 Å². The first kappa shape index (κ1) is 17.8. The molecular weight excluding hydrogens is 328 g/mol. The number of likely N-dealkylation sites (tertiary alicyclic amines) is 1. The van der Waals surface area contributed by atoms with Crippen molar-refractivity contribution >= 4 is 5.91 Å². The summed E-state index contributed by atoms with van der Waals surface area (Å²) in [6, 6.07) is 8.16. The second-order valence-electron chi connectivity index (χ2n) is 8.06. The van der Waals surface area contributed by atoms with Crippen LogP contribution in [0.15, 0.2) is 24.3 Å². The molecule has 1 amide bonds. The van der Waals surface area contributed by atoms with Crippen LogP contribution in [-0.2, 0) is 16.1 Å². The molecule has 3 heterocycles. The third-order valence-corrected chi connectivity index (χ3v) is 6.07. The molecule has 0 aliphatic carbocycles. The molecule has 26 heavy (non-hydrogen) atoms. The van der Waals surface area contributed by atoms with E-state index in [4.69, 9.17) is 9.47 Å². The number of fused-ring (bicyclic) bond motifs is 1. The van der Waals surface area contributed by atoms with E-state index in [0.717, 1.165) is 37.6 Å². The van der Waals surface area contributed by atoms with Gasteiger partial charge in [0, 0.05) is 44.6 Å². The summed E-state index contributed by atoms with van der Waals surface area (Å²) in [5, 5.41) is 0. The van der Waals surface area contributed by atoms with Crippen LogP contribution in [0.25, 0.3) is 0 Å². The molecular formula is C21H30N2O3. The average molecular weight is 358 g/mol. The van der Waals surface area contributed by atoms with Gasteiger partial charge in [-0.15, -0.1) is 0 Å². The van der Waals surface area contributed by atoms with Crippen LogP contribution in [-0.4, -0.2) is 61.2 Å². The summed E-state index contributed by atoms with van der Waals surface area (Å²) in [5.74, 6) is 2.23. The van der Waals surface area contributed by atoms with Gasteiger partial charge in [0.2, 0.25) is 5.91 Å². The molecule has 4 rings (SSSR count).